The van der Waals surface area contributed by atoms with Gasteiger partial charge in [-0.3, -0.25) is 0 Å². The Morgan fingerprint density at radius 2 is 2.00 bits per heavy atom. The lowest BCUT2D eigenvalue weighted by molar-refractivity contribution is 0.102. The van der Waals surface area contributed by atoms with Crippen molar-refractivity contribution in [1.29, 1.82) is 0 Å². The predicted octanol–water partition coefficient (Wildman–Crippen LogP) is 2.52. The molecule has 2 aliphatic heterocycles. The van der Waals surface area contributed by atoms with Crippen LogP contribution in [-0.2, 0) is 0 Å². The predicted molar refractivity (Wildman–Crippen MR) is 54.6 cm³/mol. The molecule has 13 heavy (non-hydrogen) atoms. The molecule has 0 aromatic heterocycles. The van der Waals surface area contributed by atoms with Crippen molar-refractivity contribution in [2.24, 2.45) is 17.3 Å². The number of piperidine rings is 1. The number of hydrogen-bond acceptors (Lipinski definition) is 1. The fourth-order valence-electron chi connectivity index (χ4n) is 4.21. The van der Waals surface area contributed by atoms with E-state index in [0.29, 0.717) is 0 Å². The van der Waals surface area contributed by atoms with Crippen LogP contribution in [0.4, 0.5) is 0 Å². The molecule has 0 aromatic carbocycles. The van der Waals surface area contributed by atoms with Gasteiger partial charge in [0.05, 0.1) is 0 Å². The maximum Gasteiger partial charge on any atom is 0.0130 e. The van der Waals surface area contributed by atoms with Gasteiger partial charge in [0.25, 0.3) is 0 Å². The third kappa shape index (κ3) is 0.869. The van der Waals surface area contributed by atoms with Crippen molar-refractivity contribution >= 4 is 0 Å². The molecule has 1 aliphatic carbocycles. The van der Waals surface area contributed by atoms with Crippen LogP contribution in [0, 0.1) is 17.3 Å². The Bertz CT molecular complexity index is 235. The van der Waals surface area contributed by atoms with Gasteiger partial charge in [-0.15, -0.1) is 0 Å². The SMILES string of the molecule is CC(C)[C@@]12C[C@H]3CC[C@@H]([C@@H]1C2)N3C. The molecule has 0 amide bonds. The van der Waals surface area contributed by atoms with Gasteiger partial charge in [-0.05, 0) is 50.0 Å². The van der Waals surface area contributed by atoms with Gasteiger partial charge in [-0.25, -0.2) is 0 Å². The molecule has 0 spiro atoms. The van der Waals surface area contributed by atoms with E-state index in [9.17, 15) is 0 Å². The molecule has 0 radical (unpaired) electrons. The fraction of sp³-hybridized carbons (Fsp3) is 1.00. The fourth-order valence-corrected chi connectivity index (χ4v) is 4.21. The Hall–Kier alpha value is -0.0400. The van der Waals surface area contributed by atoms with E-state index in [1.165, 1.54) is 25.7 Å². The van der Waals surface area contributed by atoms with Crippen molar-refractivity contribution in [2.45, 2.75) is 51.6 Å². The van der Waals surface area contributed by atoms with E-state index in [1.807, 2.05) is 0 Å². The first-order valence-corrected chi connectivity index (χ1v) is 5.87. The summed E-state index contributed by atoms with van der Waals surface area (Å²) in [5.41, 5.74) is 0.790. The summed E-state index contributed by atoms with van der Waals surface area (Å²) in [7, 11) is 2.35. The van der Waals surface area contributed by atoms with E-state index in [4.69, 9.17) is 0 Å². The van der Waals surface area contributed by atoms with Crippen LogP contribution in [0.1, 0.15) is 39.5 Å². The van der Waals surface area contributed by atoms with Crippen LogP contribution in [0.5, 0.6) is 0 Å². The lowest BCUT2D eigenvalue weighted by Crippen LogP contribution is -2.42. The first-order chi connectivity index (χ1) is 6.15. The van der Waals surface area contributed by atoms with Crippen LogP contribution in [0.25, 0.3) is 0 Å². The van der Waals surface area contributed by atoms with Gasteiger partial charge >= 0.3 is 0 Å². The number of hydrogen-bond donors (Lipinski definition) is 0. The highest BCUT2D eigenvalue weighted by Crippen LogP contribution is 2.68. The van der Waals surface area contributed by atoms with E-state index in [-0.39, 0.29) is 0 Å². The molecular weight excluding hydrogens is 158 g/mol. The summed E-state index contributed by atoms with van der Waals surface area (Å²) in [6.07, 6.45) is 6.00. The Morgan fingerprint density at radius 3 is 2.69 bits per heavy atom. The van der Waals surface area contributed by atoms with Crippen LogP contribution in [-0.4, -0.2) is 24.0 Å². The van der Waals surface area contributed by atoms with Gasteiger partial charge < -0.3 is 4.90 Å². The zero-order valence-corrected chi connectivity index (χ0v) is 9.09. The summed E-state index contributed by atoms with van der Waals surface area (Å²) in [4.78, 5) is 2.68. The Balaban J connectivity index is 1.88. The van der Waals surface area contributed by atoms with Crippen LogP contribution in [0.15, 0.2) is 0 Å². The van der Waals surface area contributed by atoms with E-state index in [1.54, 1.807) is 0 Å². The minimum Gasteiger partial charge on any atom is -0.300 e. The van der Waals surface area contributed by atoms with Crippen LogP contribution in [0.2, 0.25) is 0 Å². The number of rotatable bonds is 1. The van der Waals surface area contributed by atoms with Crippen molar-refractivity contribution in [3.8, 4) is 0 Å². The molecule has 2 heterocycles. The highest BCUT2D eigenvalue weighted by atomic mass is 15.2. The smallest absolute Gasteiger partial charge is 0.0130 e. The van der Waals surface area contributed by atoms with Crippen molar-refractivity contribution in [1.82, 2.24) is 4.90 Å². The molecule has 2 saturated heterocycles. The Morgan fingerprint density at radius 1 is 1.23 bits per heavy atom. The zero-order valence-electron chi connectivity index (χ0n) is 9.09. The largest absolute Gasteiger partial charge is 0.300 e. The number of nitrogens with zero attached hydrogens (tertiary/aromatic N) is 1. The summed E-state index contributed by atoms with van der Waals surface area (Å²) in [5, 5.41) is 0. The standard InChI is InChI=1S/C12H21N/c1-8(2)12-6-9-4-5-11(13(9)3)10(12)7-12/h8-11H,4-7H2,1-3H3/t9-,10+,11+,12+/m1/s1. The van der Waals surface area contributed by atoms with E-state index < -0.39 is 0 Å². The van der Waals surface area contributed by atoms with Crippen LogP contribution in [0.3, 0.4) is 0 Å². The van der Waals surface area contributed by atoms with Crippen LogP contribution >= 0.6 is 0 Å². The Labute approximate surface area is 81.5 Å². The zero-order chi connectivity index (χ0) is 9.22. The van der Waals surface area contributed by atoms with Gasteiger partial charge in [0.1, 0.15) is 0 Å². The van der Waals surface area contributed by atoms with E-state index in [2.05, 4.69) is 25.8 Å². The highest BCUT2D eigenvalue weighted by molar-refractivity contribution is 5.16. The monoisotopic (exact) mass is 179 g/mol. The molecule has 1 saturated carbocycles. The van der Waals surface area contributed by atoms with E-state index >= 15 is 0 Å². The lowest BCUT2D eigenvalue weighted by Gasteiger charge is -2.37. The topological polar surface area (TPSA) is 3.24 Å². The first-order valence-electron chi connectivity index (χ1n) is 5.87. The molecule has 2 bridgehead atoms. The van der Waals surface area contributed by atoms with Gasteiger partial charge in [0.2, 0.25) is 0 Å². The minimum absolute atomic E-state index is 0.790. The van der Waals surface area contributed by atoms with Gasteiger partial charge in [-0.1, -0.05) is 13.8 Å². The summed E-state index contributed by atoms with van der Waals surface area (Å²) in [5.74, 6) is 1.99. The average Bonchev–Trinajstić information content (AvgIpc) is 2.69. The summed E-state index contributed by atoms with van der Waals surface area (Å²) >= 11 is 0. The van der Waals surface area contributed by atoms with Gasteiger partial charge in [0, 0.05) is 12.1 Å². The molecule has 0 aromatic rings. The summed E-state index contributed by atoms with van der Waals surface area (Å²) < 4.78 is 0. The van der Waals surface area contributed by atoms with Crippen molar-refractivity contribution in [2.75, 3.05) is 7.05 Å². The quantitative estimate of drug-likeness (QED) is 0.598. The molecule has 1 heteroatoms. The maximum absolute atomic E-state index is 2.68. The highest BCUT2D eigenvalue weighted by Gasteiger charge is 2.65. The second-order valence-corrected chi connectivity index (χ2v) is 5.87. The van der Waals surface area contributed by atoms with Gasteiger partial charge in [-0.2, -0.15) is 0 Å². The maximum atomic E-state index is 2.68. The van der Waals surface area contributed by atoms with Crippen molar-refractivity contribution in [3.05, 3.63) is 0 Å². The summed E-state index contributed by atoms with van der Waals surface area (Å²) in [6.45, 7) is 4.87. The molecule has 3 fully saturated rings. The second kappa shape index (κ2) is 2.31. The normalized spacial score (nSPS) is 54.0. The molecule has 3 rings (SSSR count). The third-order valence-electron chi connectivity index (χ3n) is 5.30. The van der Waals surface area contributed by atoms with Crippen LogP contribution < -0.4 is 0 Å². The molecule has 0 unspecified atom stereocenters. The first kappa shape index (κ1) is 8.28. The van der Waals surface area contributed by atoms with Crippen molar-refractivity contribution < 1.29 is 0 Å². The molecule has 74 valence electrons. The lowest BCUT2D eigenvalue weighted by atomic mass is 9.81. The van der Waals surface area contributed by atoms with E-state index in [0.717, 1.165) is 29.3 Å². The number of fused-ring (bicyclic) bond motifs is 4. The van der Waals surface area contributed by atoms with Crippen molar-refractivity contribution in [3.63, 3.8) is 0 Å². The molecule has 0 N–H and O–H groups in total. The summed E-state index contributed by atoms with van der Waals surface area (Å²) in [6, 6.07) is 1.90. The third-order valence-corrected chi connectivity index (χ3v) is 5.30. The Kier molecular flexibility index (Phi) is 1.47. The van der Waals surface area contributed by atoms with Gasteiger partial charge in [0.15, 0.2) is 0 Å². The molecule has 4 atom stereocenters. The second-order valence-electron chi connectivity index (χ2n) is 5.87. The molecular formula is C12H21N. The molecule has 3 aliphatic rings. The minimum atomic E-state index is 0.790. The average molecular weight is 179 g/mol. The molecule has 1 nitrogen and oxygen atoms in total.